The molecule has 2 aliphatic rings. The average Bonchev–Trinajstić information content (AvgIpc) is 2.81. The maximum absolute atomic E-state index is 11.9. The summed E-state index contributed by atoms with van der Waals surface area (Å²) in [5.41, 5.74) is 0. The molecule has 2 rings (SSSR count). The fourth-order valence-corrected chi connectivity index (χ4v) is 3.66. The van der Waals surface area contributed by atoms with Crippen molar-refractivity contribution in [2.24, 2.45) is 0 Å². The largest absolute Gasteiger partial charge is 0.342 e. The van der Waals surface area contributed by atoms with E-state index in [0.717, 1.165) is 13.1 Å². The van der Waals surface area contributed by atoms with Gasteiger partial charge in [-0.3, -0.25) is 4.79 Å². The molecule has 2 atom stereocenters. The molecule has 0 radical (unpaired) electrons. The molecule has 0 spiro atoms. The van der Waals surface area contributed by atoms with Gasteiger partial charge in [-0.1, -0.05) is 6.92 Å². The molecular formula is C12H22N2OS. The van der Waals surface area contributed by atoms with Crippen LogP contribution < -0.4 is 5.32 Å². The van der Waals surface area contributed by atoms with Crippen LogP contribution in [0.15, 0.2) is 0 Å². The van der Waals surface area contributed by atoms with Crippen LogP contribution in [0, 0.1) is 0 Å². The highest BCUT2D eigenvalue weighted by atomic mass is 32.2. The summed E-state index contributed by atoms with van der Waals surface area (Å²) in [6.45, 7) is 4.74. The molecule has 92 valence electrons. The van der Waals surface area contributed by atoms with Crippen molar-refractivity contribution in [3.8, 4) is 0 Å². The fraction of sp³-hybridized carbons (Fsp3) is 0.917. The first-order valence-electron chi connectivity index (χ1n) is 6.40. The lowest BCUT2D eigenvalue weighted by Gasteiger charge is -2.29. The summed E-state index contributed by atoms with van der Waals surface area (Å²) in [6, 6.07) is 0.533. The van der Waals surface area contributed by atoms with E-state index in [1.807, 2.05) is 16.7 Å². The summed E-state index contributed by atoms with van der Waals surface area (Å²) in [6.07, 6.45) is 4.87. The quantitative estimate of drug-likeness (QED) is 0.813. The zero-order valence-electron chi connectivity index (χ0n) is 10.1. The standard InChI is InChI=1S/C12H22N2OS/c1-10-11(5-4-8-16-10)13-9-12(15)14-6-2-3-7-14/h10-11,13H,2-9H2,1H3. The SMILES string of the molecule is CC1SCCCC1NCC(=O)N1CCCC1. The summed E-state index contributed by atoms with van der Waals surface area (Å²) in [7, 11) is 0. The van der Waals surface area contributed by atoms with Gasteiger partial charge in [0.2, 0.25) is 5.91 Å². The van der Waals surface area contributed by atoms with Crippen LogP contribution in [0.4, 0.5) is 0 Å². The van der Waals surface area contributed by atoms with Crippen LogP contribution in [0.5, 0.6) is 0 Å². The van der Waals surface area contributed by atoms with E-state index in [1.54, 1.807) is 0 Å². The minimum absolute atomic E-state index is 0.292. The highest BCUT2D eigenvalue weighted by Gasteiger charge is 2.23. The number of rotatable bonds is 3. The van der Waals surface area contributed by atoms with E-state index in [-0.39, 0.29) is 0 Å². The lowest BCUT2D eigenvalue weighted by atomic mass is 10.1. The Kier molecular flexibility index (Phi) is 4.53. The van der Waals surface area contributed by atoms with Gasteiger partial charge in [0.15, 0.2) is 0 Å². The van der Waals surface area contributed by atoms with Crippen molar-refractivity contribution in [2.45, 2.75) is 43.9 Å². The lowest BCUT2D eigenvalue weighted by molar-refractivity contribution is -0.129. The van der Waals surface area contributed by atoms with Crippen molar-refractivity contribution < 1.29 is 4.79 Å². The smallest absolute Gasteiger partial charge is 0.236 e. The van der Waals surface area contributed by atoms with Gasteiger partial charge >= 0.3 is 0 Å². The molecule has 2 aliphatic heterocycles. The second-order valence-electron chi connectivity index (χ2n) is 4.79. The zero-order valence-corrected chi connectivity index (χ0v) is 10.9. The summed E-state index contributed by atoms with van der Waals surface area (Å²) in [5, 5.41) is 4.09. The maximum Gasteiger partial charge on any atom is 0.236 e. The lowest BCUT2D eigenvalue weighted by Crippen LogP contribution is -2.45. The molecule has 0 aromatic carbocycles. The van der Waals surface area contributed by atoms with Gasteiger partial charge in [0.1, 0.15) is 0 Å². The van der Waals surface area contributed by atoms with Crippen LogP contribution in [0.1, 0.15) is 32.6 Å². The molecule has 2 fully saturated rings. The Hall–Kier alpha value is -0.220. The Balaban J connectivity index is 1.71. The van der Waals surface area contributed by atoms with Crippen molar-refractivity contribution in [3.63, 3.8) is 0 Å². The number of nitrogens with one attached hydrogen (secondary N) is 1. The van der Waals surface area contributed by atoms with Gasteiger partial charge in [0.25, 0.3) is 0 Å². The first-order valence-corrected chi connectivity index (χ1v) is 7.45. The van der Waals surface area contributed by atoms with Gasteiger partial charge in [0, 0.05) is 24.4 Å². The summed E-state index contributed by atoms with van der Waals surface area (Å²) in [4.78, 5) is 13.8. The third kappa shape index (κ3) is 3.14. The fourth-order valence-electron chi connectivity index (χ4n) is 2.49. The second kappa shape index (κ2) is 5.92. The van der Waals surface area contributed by atoms with E-state index in [0.29, 0.717) is 23.7 Å². The number of amides is 1. The number of likely N-dealkylation sites (tertiary alicyclic amines) is 1. The molecule has 1 N–H and O–H groups in total. The molecule has 2 saturated heterocycles. The molecular weight excluding hydrogens is 220 g/mol. The normalized spacial score (nSPS) is 30.7. The van der Waals surface area contributed by atoms with E-state index >= 15 is 0 Å². The first kappa shape index (κ1) is 12.2. The zero-order chi connectivity index (χ0) is 11.4. The van der Waals surface area contributed by atoms with Crippen molar-refractivity contribution in [2.75, 3.05) is 25.4 Å². The highest BCUT2D eigenvalue weighted by Crippen LogP contribution is 2.24. The molecule has 0 aliphatic carbocycles. The molecule has 1 amide bonds. The number of nitrogens with zero attached hydrogens (tertiary/aromatic N) is 1. The number of carbonyl (C=O) groups excluding carboxylic acids is 1. The van der Waals surface area contributed by atoms with E-state index in [4.69, 9.17) is 0 Å². The first-order chi connectivity index (χ1) is 7.77. The molecule has 0 saturated carbocycles. The Morgan fingerprint density at radius 3 is 2.81 bits per heavy atom. The number of thioether (sulfide) groups is 1. The van der Waals surface area contributed by atoms with Gasteiger partial charge in [-0.25, -0.2) is 0 Å². The number of carbonyl (C=O) groups is 1. The molecule has 4 heteroatoms. The van der Waals surface area contributed by atoms with E-state index in [9.17, 15) is 4.79 Å². The van der Waals surface area contributed by atoms with E-state index in [2.05, 4.69) is 12.2 Å². The molecule has 0 bridgehead atoms. The molecule has 2 unspecified atom stereocenters. The molecule has 3 nitrogen and oxygen atoms in total. The van der Waals surface area contributed by atoms with Crippen molar-refractivity contribution in [1.29, 1.82) is 0 Å². The van der Waals surface area contributed by atoms with Gasteiger partial charge in [0.05, 0.1) is 6.54 Å². The Labute approximate surface area is 102 Å². The monoisotopic (exact) mass is 242 g/mol. The number of hydrogen-bond acceptors (Lipinski definition) is 3. The minimum atomic E-state index is 0.292. The van der Waals surface area contributed by atoms with Crippen LogP contribution >= 0.6 is 11.8 Å². The third-order valence-corrected chi connectivity index (χ3v) is 4.96. The summed E-state index contributed by atoms with van der Waals surface area (Å²) >= 11 is 2.02. The van der Waals surface area contributed by atoms with Crippen LogP contribution in [-0.2, 0) is 4.79 Å². The second-order valence-corrected chi connectivity index (χ2v) is 6.28. The number of hydrogen-bond donors (Lipinski definition) is 1. The maximum atomic E-state index is 11.9. The van der Waals surface area contributed by atoms with Crippen LogP contribution in [0.2, 0.25) is 0 Å². The van der Waals surface area contributed by atoms with Crippen molar-refractivity contribution >= 4 is 17.7 Å². The average molecular weight is 242 g/mol. The predicted molar refractivity (Wildman–Crippen MR) is 68.8 cm³/mol. The molecule has 0 aromatic rings. The van der Waals surface area contributed by atoms with Crippen LogP contribution in [0.3, 0.4) is 0 Å². The Morgan fingerprint density at radius 1 is 1.38 bits per heavy atom. The van der Waals surface area contributed by atoms with Crippen LogP contribution in [-0.4, -0.2) is 47.5 Å². The Bertz CT molecular complexity index is 241. The highest BCUT2D eigenvalue weighted by molar-refractivity contribution is 7.99. The molecule has 0 aromatic heterocycles. The topological polar surface area (TPSA) is 32.3 Å². The van der Waals surface area contributed by atoms with Crippen molar-refractivity contribution in [1.82, 2.24) is 10.2 Å². The van der Waals surface area contributed by atoms with E-state index in [1.165, 1.54) is 31.4 Å². The van der Waals surface area contributed by atoms with E-state index < -0.39 is 0 Å². The minimum Gasteiger partial charge on any atom is -0.342 e. The summed E-state index contributed by atoms with van der Waals surface area (Å²) < 4.78 is 0. The van der Waals surface area contributed by atoms with Gasteiger partial charge in [-0.15, -0.1) is 0 Å². The van der Waals surface area contributed by atoms with Gasteiger partial charge in [-0.2, -0.15) is 11.8 Å². The summed E-state index contributed by atoms with van der Waals surface area (Å²) in [5.74, 6) is 1.57. The van der Waals surface area contributed by atoms with Crippen LogP contribution in [0.25, 0.3) is 0 Å². The third-order valence-electron chi connectivity index (χ3n) is 3.58. The van der Waals surface area contributed by atoms with Gasteiger partial charge in [-0.05, 0) is 31.4 Å². The molecule has 16 heavy (non-hydrogen) atoms. The Morgan fingerprint density at radius 2 is 2.12 bits per heavy atom. The molecule has 2 heterocycles. The predicted octanol–water partition coefficient (Wildman–Crippen LogP) is 1.48. The van der Waals surface area contributed by atoms with Gasteiger partial charge < -0.3 is 10.2 Å². The van der Waals surface area contributed by atoms with Crippen molar-refractivity contribution in [3.05, 3.63) is 0 Å².